The van der Waals surface area contributed by atoms with Gasteiger partial charge in [0.1, 0.15) is 0 Å². The Hall–Kier alpha value is -1.23. The van der Waals surface area contributed by atoms with Gasteiger partial charge in [0.2, 0.25) is 0 Å². The summed E-state index contributed by atoms with van der Waals surface area (Å²) in [6, 6.07) is 0.322. The second-order valence-corrected chi connectivity index (χ2v) is 4.95. The number of aromatic nitrogens is 2. The third kappa shape index (κ3) is 2.11. The van der Waals surface area contributed by atoms with Gasteiger partial charge in [-0.3, -0.25) is 0 Å². The Morgan fingerprint density at radius 3 is 2.71 bits per heavy atom. The van der Waals surface area contributed by atoms with Crippen molar-refractivity contribution in [1.29, 1.82) is 0 Å². The van der Waals surface area contributed by atoms with Crippen molar-refractivity contribution in [2.45, 2.75) is 39.3 Å². The Morgan fingerprint density at radius 1 is 1.47 bits per heavy atom. The standard InChI is InChI=1S/C12H22N4O/c1-8(2)16-12(11(13)9(3)14-16)15-6-5-10(7-15)17-4/h8,10H,5-7,13H2,1-4H3. The molecule has 1 aliphatic heterocycles. The lowest BCUT2D eigenvalue weighted by atomic mass is 10.3. The Labute approximate surface area is 103 Å². The molecule has 2 heterocycles. The topological polar surface area (TPSA) is 56.3 Å². The van der Waals surface area contributed by atoms with Gasteiger partial charge in [-0.2, -0.15) is 5.10 Å². The van der Waals surface area contributed by atoms with Crippen molar-refractivity contribution < 1.29 is 4.74 Å². The Balaban J connectivity index is 2.31. The molecule has 2 N–H and O–H groups in total. The van der Waals surface area contributed by atoms with Gasteiger partial charge in [0, 0.05) is 26.2 Å². The summed E-state index contributed by atoms with van der Waals surface area (Å²) < 4.78 is 7.41. The number of ether oxygens (including phenoxy) is 1. The van der Waals surface area contributed by atoms with Crippen LogP contribution < -0.4 is 10.6 Å². The minimum Gasteiger partial charge on any atom is -0.394 e. The molecule has 0 spiro atoms. The molecule has 1 aromatic heterocycles. The molecule has 5 nitrogen and oxygen atoms in total. The van der Waals surface area contributed by atoms with Gasteiger partial charge in [-0.1, -0.05) is 0 Å². The highest BCUT2D eigenvalue weighted by molar-refractivity contribution is 5.66. The Morgan fingerprint density at radius 2 is 2.18 bits per heavy atom. The number of rotatable bonds is 3. The fraction of sp³-hybridized carbons (Fsp3) is 0.750. The number of hydrogen-bond acceptors (Lipinski definition) is 4. The van der Waals surface area contributed by atoms with Crippen LogP contribution in [-0.2, 0) is 4.74 Å². The van der Waals surface area contributed by atoms with Crippen LogP contribution in [-0.4, -0.2) is 36.1 Å². The van der Waals surface area contributed by atoms with Crippen molar-refractivity contribution in [2.75, 3.05) is 30.8 Å². The quantitative estimate of drug-likeness (QED) is 0.868. The van der Waals surface area contributed by atoms with E-state index in [-0.39, 0.29) is 0 Å². The second-order valence-electron chi connectivity index (χ2n) is 4.95. The van der Waals surface area contributed by atoms with Gasteiger partial charge in [-0.05, 0) is 27.2 Å². The van der Waals surface area contributed by atoms with Gasteiger partial charge in [-0.15, -0.1) is 0 Å². The predicted molar refractivity (Wildman–Crippen MR) is 69.4 cm³/mol. The summed E-state index contributed by atoms with van der Waals surface area (Å²) in [6.45, 7) is 8.10. The fourth-order valence-electron chi connectivity index (χ4n) is 2.34. The first-order valence-corrected chi connectivity index (χ1v) is 6.17. The molecule has 1 atom stereocenters. The molecule has 1 aliphatic rings. The molecule has 0 amide bonds. The van der Waals surface area contributed by atoms with E-state index in [1.807, 2.05) is 11.6 Å². The van der Waals surface area contributed by atoms with Crippen LogP contribution in [0.15, 0.2) is 0 Å². The summed E-state index contributed by atoms with van der Waals surface area (Å²) in [5.74, 6) is 1.05. The molecule has 17 heavy (non-hydrogen) atoms. The molecule has 0 aliphatic carbocycles. The molecule has 0 radical (unpaired) electrons. The smallest absolute Gasteiger partial charge is 0.151 e. The number of aryl methyl sites for hydroxylation is 1. The minimum absolute atomic E-state index is 0.310. The van der Waals surface area contributed by atoms with E-state index < -0.39 is 0 Å². The number of anilines is 2. The van der Waals surface area contributed by atoms with E-state index in [1.165, 1.54) is 0 Å². The summed E-state index contributed by atoms with van der Waals surface area (Å²) in [4.78, 5) is 2.28. The number of nitrogen functional groups attached to an aromatic ring is 1. The number of hydrogen-bond donors (Lipinski definition) is 1. The van der Waals surface area contributed by atoms with Gasteiger partial charge in [0.15, 0.2) is 5.82 Å². The first kappa shape index (κ1) is 12.2. The van der Waals surface area contributed by atoms with Crippen LogP contribution in [0.5, 0.6) is 0 Å². The lowest BCUT2D eigenvalue weighted by Gasteiger charge is -2.22. The zero-order valence-corrected chi connectivity index (χ0v) is 11.1. The largest absolute Gasteiger partial charge is 0.394 e. The van der Waals surface area contributed by atoms with Crippen LogP contribution in [0.4, 0.5) is 11.5 Å². The Bertz CT molecular complexity index is 399. The maximum Gasteiger partial charge on any atom is 0.151 e. The van der Waals surface area contributed by atoms with Crippen molar-refractivity contribution in [3.05, 3.63) is 5.69 Å². The molecule has 0 bridgehead atoms. The molecule has 0 aromatic carbocycles. The molecule has 2 rings (SSSR count). The normalized spacial score (nSPS) is 20.5. The molecule has 1 unspecified atom stereocenters. The van der Waals surface area contributed by atoms with Crippen LogP contribution in [0.3, 0.4) is 0 Å². The lowest BCUT2D eigenvalue weighted by Crippen LogP contribution is -2.26. The second kappa shape index (κ2) is 4.56. The van der Waals surface area contributed by atoms with Crippen molar-refractivity contribution >= 4 is 11.5 Å². The summed E-state index contributed by atoms with van der Waals surface area (Å²) in [6.07, 6.45) is 1.36. The lowest BCUT2D eigenvalue weighted by molar-refractivity contribution is 0.121. The van der Waals surface area contributed by atoms with Crippen molar-refractivity contribution in [2.24, 2.45) is 0 Å². The van der Waals surface area contributed by atoms with Crippen LogP contribution in [0, 0.1) is 6.92 Å². The summed E-state index contributed by atoms with van der Waals surface area (Å²) in [5, 5.41) is 4.51. The molecule has 1 saturated heterocycles. The van der Waals surface area contributed by atoms with Crippen LogP contribution in [0.2, 0.25) is 0 Å². The van der Waals surface area contributed by atoms with Crippen LogP contribution in [0.25, 0.3) is 0 Å². The summed E-state index contributed by atoms with van der Waals surface area (Å²) in [5.41, 5.74) is 7.86. The van der Waals surface area contributed by atoms with E-state index in [9.17, 15) is 0 Å². The Kier molecular flexibility index (Phi) is 3.28. The maximum absolute atomic E-state index is 6.14. The third-order valence-corrected chi connectivity index (χ3v) is 3.37. The first-order valence-electron chi connectivity index (χ1n) is 6.17. The third-order valence-electron chi connectivity index (χ3n) is 3.37. The van der Waals surface area contributed by atoms with Crippen LogP contribution >= 0.6 is 0 Å². The average molecular weight is 238 g/mol. The fourth-order valence-corrected chi connectivity index (χ4v) is 2.34. The molecule has 1 fully saturated rings. The summed E-state index contributed by atoms with van der Waals surface area (Å²) >= 11 is 0. The first-order chi connectivity index (χ1) is 8.04. The predicted octanol–water partition coefficient (Wildman–Crippen LogP) is 1.58. The van der Waals surface area contributed by atoms with Crippen molar-refractivity contribution in [3.63, 3.8) is 0 Å². The van der Waals surface area contributed by atoms with Gasteiger partial charge in [0.25, 0.3) is 0 Å². The highest BCUT2D eigenvalue weighted by atomic mass is 16.5. The van der Waals surface area contributed by atoms with Gasteiger partial charge in [0.05, 0.1) is 17.5 Å². The zero-order chi connectivity index (χ0) is 12.6. The van der Waals surface area contributed by atoms with Gasteiger partial charge < -0.3 is 15.4 Å². The van der Waals surface area contributed by atoms with E-state index in [0.29, 0.717) is 12.1 Å². The van der Waals surface area contributed by atoms with E-state index in [4.69, 9.17) is 10.5 Å². The minimum atomic E-state index is 0.310. The highest BCUT2D eigenvalue weighted by Gasteiger charge is 2.28. The number of nitrogens with zero attached hydrogens (tertiary/aromatic N) is 3. The van der Waals surface area contributed by atoms with E-state index >= 15 is 0 Å². The van der Waals surface area contributed by atoms with E-state index in [2.05, 4.69) is 23.8 Å². The summed E-state index contributed by atoms with van der Waals surface area (Å²) in [7, 11) is 1.77. The molecular formula is C12H22N4O. The molecule has 96 valence electrons. The van der Waals surface area contributed by atoms with E-state index in [1.54, 1.807) is 7.11 Å². The molecule has 5 heteroatoms. The SMILES string of the molecule is COC1CCN(c2c(N)c(C)nn2C(C)C)C1. The van der Waals surface area contributed by atoms with Crippen LogP contribution in [0.1, 0.15) is 32.0 Å². The number of nitrogens with two attached hydrogens (primary N) is 1. The molecule has 0 saturated carbocycles. The number of methoxy groups -OCH3 is 1. The molecule has 1 aromatic rings. The van der Waals surface area contributed by atoms with Crippen molar-refractivity contribution in [1.82, 2.24) is 9.78 Å². The van der Waals surface area contributed by atoms with E-state index in [0.717, 1.165) is 36.7 Å². The van der Waals surface area contributed by atoms with Gasteiger partial charge in [-0.25, -0.2) is 4.68 Å². The monoisotopic (exact) mass is 238 g/mol. The molecular weight excluding hydrogens is 216 g/mol. The van der Waals surface area contributed by atoms with Crippen molar-refractivity contribution in [3.8, 4) is 0 Å². The average Bonchev–Trinajstić information content (AvgIpc) is 2.85. The highest BCUT2D eigenvalue weighted by Crippen LogP contribution is 2.32. The maximum atomic E-state index is 6.14. The van der Waals surface area contributed by atoms with Gasteiger partial charge >= 0.3 is 0 Å². The zero-order valence-electron chi connectivity index (χ0n) is 11.1.